The molecular weight excluding hydrogens is 400 g/mol. The summed E-state index contributed by atoms with van der Waals surface area (Å²) in [6.45, 7) is 3.91. The van der Waals surface area contributed by atoms with Crippen molar-refractivity contribution in [2.45, 2.75) is 32.4 Å². The van der Waals surface area contributed by atoms with Crippen LogP contribution in [0.3, 0.4) is 0 Å². The molecule has 0 bridgehead atoms. The van der Waals surface area contributed by atoms with Crippen LogP contribution in [-0.4, -0.2) is 30.5 Å². The van der Waals surface area contributed by atoms with Gasteiger partial charge in [0, 0.05) is 26.8 Å². The number of nitrogens with zero attached hydrogens (tertiary/aromatic N) is 5. The summed E-state index contributed by atoms with van der Waals surface area (Å²) in [5, 5.41) is 3.36. The SMILES string of the molecule is Cc1cccnc1Nc1cccc([C@@H]2CCCN2Cc2ccc3c(c2)n(C)c(=O)n3C)n1. The second-order valence-electron chi connectivity index (χ2n) is 8.59. The average Bonchev–Trinajstić information content (AvgIpc) is 3.35. The third-order valence-electron chi connectivity index (χ3n) is 6.45. The summed E-state index contributed by atoms with van der Waals surface area (Å²) in [6.07, 6.45) is 4.03. The van der Waals surface area contributed by atoms with Gasteiger partial charge in [-0.25, -0.2) is 14.8 Å². The normalized spacial score (nSPS) is 16.7. The van der Waals surface area contributed by atoms with Crippen molar-refractivity contribution in [3.05, 3.63) is 82.0 Å². The van der Waals surface area contributed by atoms with Crippen molar-refractivity contribution in [2.24, 2.45) is 14.1 Å². The van der Waals surface area contributed by atoms with E-state index in [-0.39, 0.29) is 11.7 Å². The third kappa shape index (κ3) is 3.69. The predicted molar refractivity (Wildman–Crippen MR) is 127 cm³/mol. The van der Waals surface area contributed by atoms with Crippen LogP contribution in [0.5, 0.6) is 0 Å². The highest BCUT2D eigenvalue weighted by molar-refractivity contribution is 5.76. The lowest BCUT2D eigenvalue weighted by Crippen LogP contribution is -2.23. The number of hydrogen-bond acceptors (Lipinski definition) is 5. The van der Waals surface area contributed by atoms with Gasteiger partial charge in [-0.2, -0.15) is 0 Å². The molecule has 0 unspecified atom stereocenters. The van der Waals surface area contributed by atoms with Gasteiger partial charge in [0.05, 0.1) is 22.8 Å². The molecule has 1 aliphatic rings. The first kappa shape index (κ1) is 20.5. The topological polar surface area (TPSA) is 68.0 Å². The summed E-state index contributed by atoms with van der Waals surface area (Å²) in [5.41, 5.74) is 5.32. The van der Waals surface area contributed by atoms with Gasteiger partial charge in [-0.3, -0.25) is 14.0 Å². The Hall–Kier alpha value is -3.45. The maximum atomic E-state index is 12.3. The Bertz CT molecular complexity index is 1340. The maximum absolute atomic E-state index is 12.3. The number of benzene rings is 1. The summed E-state index contributed by atoms with van der Waals surface area (Å²) in [7, 11) is 3.65. The highest BCUT2D eigenvalue weighted by Gasteiger charge is 2.27. The molecule has 1 atom stereocenters. The van der Waals surface area contributed by atoms with Gasteiger partial charge in [-0.05, 0) is 67.8 Å². The average molecular weight is 429 g/mol. The van der Waals surface area contributed by atoms with Gasteiger partial charge in [0.15, 0.2) is 0 Å². The van der Waals surface area contributed by atoms with Crippen molar-refractivity contribution >= 4 is 22.7 Å². The molecule has 32 heavy (non-hydrogen) atoms. The van der Waals surface area contributed by atoms with E-state index in [0.29, 0.717) is 0 Å². The predicted octanol–water partition coefficient (Wildman–Crippen LogP) is 4.06. The standard InChI is InChI=1S/C25H28N6O/c1-17-7-5-13-26-24(17)28-23-10-4-8-19(27-23)20-9-6-14-31(20)16-18-11-12-21-22(15-18)30(3)25(32)29(21)2/h4-5,7-8,10-13,15,20H,6,9,14,16H2,1-3H3,(H,26,27,28)/t20-/m0/s1. The second kappa shape index (κ2) is 8.24. The zero-order valence-electron chi connectivity index (χ0n) is 18.7. The fraction of sp³-hybridized carbons (Fsp3) is 0.320. The quantitative estimate of drug-likeness (QED) is 0.519. The lowest BCUT2D eigenvalue weighted by Gasteiger charge is -2.24. The maximum Gasteiger partial charge on any atom is 0.328 e. The van der Waals surface area contributed by atoms with E-state index in [0.717, 1.165) is 59.9 Å². The minimum absolute atomic E-state index is 0.00727. The fourth-order valence-corrected chi connectivity index (χ4v) is 4.68. The first-order valence-corrected chi connectivity index (χ1v) is 11.1. The van der Waals surface area contributed by atoms with Gasteiger partial charge in [-0.1, -0.05) is 18.2 Å². The van der Waals surface area contributed by atoms with E-state index < -0.39 is 0 Å². The molecule has 5 rings (SSSR count). The van der Waals surface area contributed by atoms with Crippen LogP contribution in [-0.2, 0) is 20.6 Å². The highest BCUT2D eigenvalue weighted by Crippen LogP contribution is 2.33. The van der Waals surface area contributed by atoms with Crippen LogP contribution in [0.15, 0.2) is 59.5 Å². The number of aromatic nitrogens is 4. The second-order valence-corrected chi connectivity index (χ2v) is 8.59. The molecule has 1 fully saturated rings. The Kier molecular flexibility index (Phi) is 5.27. The molecule has 0 aliphatic carbocycles. The van der Waals surface area contributed by atoms with Crippen LogP contribution < -0.4 is 11.0 Å². The lowest BCUT2D eigenvalue weighted by molar-refractivity contribution is 0.244. The minimum Gasteiger partial charge on any atom is -0.325 e. The van der Waals surface area contributed by atoms with Crippen LogP contribution >= 0.6 is 0 Å². The number of nitrogens with one attached hydrogen (secondary N) is 1. The van der Waals surface area contributed by atoms with E-state index in [4.69, 9.17) is 4.98 Å². The molecule has 7 nitrogen and oxygen atoms in total. The Balaban J connectivity index is 1.38. The van der Waals surface area contributed by atoms with E-state index in [1.807, 2.05) is 39.2 Å². The number of likely N-dealkylation sites (tertiary alicyclic amines) is 1. The molecule has 4 aromatic rings. The number of anilines is 2. The van der Waals surface area contributed by atoms with E-state index in [9.17, 15) is 4.79 Å². The van der Waals surface area contributed by atoms with Gasteiger partial charge in [0.2, 0.25) is 0 Å². The van der Waals surface area contributed by atoms with E-state index >= 15 is 0 Å². The minimum atomic E-state index is 0.00727. The Morgan fingerprint density at radius 1 is 1.06 bits per heavy atom. The third-order valence-corrected chi connectivity index (χ3v) is 6.45. The van der Waals surface area contributed by atoms with Gasteiger partial charge in [0.1, 0.15) is 11.6 Å². The molecule has 4 heterocycles. The van der Waals surface area contributed by atoms with Crippen LogP contribution in [0.1, 0.15) is 35.7 Å². The molecule has 0 amide bonds. The van der Waals surface area contributed by atoms with Gasteiger partial charge in [0.25, 0.3) is 0 Å². The highest BCUT2D eigenvalue weighted by atomic mass is 16.1. The van der Waals surface area contributed by atoms with Crippen LogP contribution in [0.25, 0.3) is 11.0 Å². The number of fused-ring (bicyclic) bond motifs is 1. The molecule has 0 radical (unpaired) electrons. The van der Waals surface area contributed by atoms with Crippen molar-refractivity contribution in [3.63, 3.8) is 0 Å². The fourth-order valence-electron chi connectivity index (χ4n) is 4.68. The van der Waals surface area contributed by atoms with Crippen LogP contribution in [0.4, 0.5) is 11.6 Å². The smallest absolute Gasteiger partial charge is 0.325 e. The molecule has 0 spiro atoms. The zero-order valence-corrected chi connectivity index (χ0v) is 18.7. The number of pyridine rings is 2. The first-order chi connectivity index (χ1) is 15.5. The summed E-state index contributed by atoms with van der Waals surface area (Å²) in [6, 6.07) is 16.7. The Morgan fingerprint density at radius 3 is 2.75 bits per heavy atom. The summed E-state index contributed by atoms with van der Waals surface area (Å²) < 4.78 is 3.42. The Morgan fingerprint density at radius 2 is 1.91 bits per heavy atom. The molecular formula is C25H28N6O. The molecule has 7 heteroatoms. The number of rotatable bonds is 5. The van der Waals surface area contributed by atoms with Crippen LogP contribution in [0, 0.1) is 6.92 Å². The molecule has 1 saturated heterocycles. The number of aryl methyl sites for hydroxylation is 3. The van der Waals surface area contributed by atoms with Gasteiger partial charge in [-0.15, -0.1) is 0 Å². The molecule has 1 N–H and O–H groups in total. The number of hydrogen-bond donors (Lipinski definition) is 1. The molecule has 164 valence electrons. The molecule has 3 aromatic heterocycles. The molecule has 1 aromatic carbocycles. The van der Waals surface area contributed by atoms with Crippen molar-refractivity contribution in [3.8, 4) is 0 Å². The van der Waals surface area contributed by atoms with E-state index in [2.05, 4.69) is 45.5 Å². The monoisotopic (exact) mass is 428 g/mol. The van der Waals surface area contributed by atoms with Gasteiger partial charge >= 0.3 is 5.69 Å². The van der Waals surface area contributed by atoms with Gasteiger partial charge < -0.3 is 5.32 Å². The van der Waals surface area contributed by atoms with Crippen molar-refractivity contribution < 1.29 is 0 Å². The Labute approximate surface area is 187 Å². The number of imidazole rings is 1. The summed E-state index contributed by atoms with van der Waals surface area (Å²) in [5.74, 6) is 1.65. The van der Waals surface area contributed by atoms with Crippen molar-refractivity contribution in [1.29, 1.82) is 0 Å². The van der Waals surface area contributed by atoms with Crippen molar-refractivity contribution in [2.75, 3.05) is 11.9 Å². The lowest BCUT2D eigenvalue weighted by atomic mass is 10.1. The summed E-state index contributed by atoms with van der Waals surface area (Å²) in [4.78, 5) is 24.1. The molecule has 1 aliphatic heterocycles. The zero-order chi connectivity index (χ0) is 22.2. The van der Waals surface area contributed by atoms with Crippen molar-refractivity contribution in [1.82, 2.24) is 24.0 Å². The summed E-state index contributed by atoms with van der Waals surface area (Å²) >= 11 is 0. The molecule has 0 saturated carbocycles. The van der Waals surface area contributed by atoms with Crippen LogP contribution in [0.2, 0.25) is 0 Å². The van der Waals surface area contributed by atoms with E-state index in [1.54, 1.807) is 15.3 Å². The largest absolute Gasteiger partial charge is 0.328 e. The first-order valence-electron chi connectivity index (χ1n) is 11.1. The van der Waals surface area contributed by atoms with E-state index in [1.165, 1.54) is 5.56 Å².